The molecule has 6 heteroatoms. The molecule has 2 heterocycles. The van der Waals surface area contributed by atoms with E-state index in [1.807, 2.05) is 0 Å². The fraction of sp³-hybridized carbons (Fsp3) is 0.727. The van der Waals surface area contributed by atoms with Crippen LogP contribution in [0.2, 0.25) is 0 Å². The molecule has 0 aliphatic carbocycles. The van der Waals surface area contributed by atoms with E-state index in [4.69, 9.17) is 15.2 Å². The molecule has 0 radical (unpaired) electrons. The number of ether oxygens (including phenoxy) is 2. The maximum atomic E-state index is 6.68. The largest absolute Gasteiger partial charge is 0.493 e. The summed E-state index contributed by atoms with van der Waals surface area (Å²) in [6, 6.07) is 4.68. The fourth-order valence-corrected chi connectivity index (χ4v) is 4.70. The third-order valence-electron chi connectivity index (χ3n) is 6.27. The topological polar surface area (TPSA) is 63.0 Å². The maximum Gasteiger partial charge on any atom is 0.162 e. The van der Waals surface area contributed by atoms with Gasteiger partial charge in [-0.05, 0) is 25.0 Å². The molecule has 0 spiro atoms. The number of methoxy groups -OCH3 is 2. The van der Waals surface area contributed by atoms with Gasteiger partial charge in [0.25, 0.3) is 0 Å². The first-order valence-corrected chi connectivity index (χ1v) is 10.8. The first kappa shape index (κ1) is 21.2. The van der Waals surface area contributed by atoms with Crippen molar-refractivity contribution in [1.29, 1.82) is 0 Å². The van der Waals surface area contributed by atoms with Crippen LogP contribution in [0.4, 0.5) is 5.69 Å². The van der Waals surface area contributed by atoms with E-state index >= 15 is 0 Å². The standard InChI is InChI=1S/C22H38N4O2/c1-5-6-7-8-16(2)26-19-15-21(28-4)20(27-3)13-17(19)18(23)14-22(26)25-11-9-24-10-12-25/h13,15-16,18,22,24H,5-12,14,23H2,1-4H3. The second kappa shape index (κ2) is 9.81. The van der Waals surface area contributed by atoms with E-state index in [2.05, 4.69) is 41.1 Å². The molecule has 158 valence electrons. The molecule has 3 unspecified atom stereocenters. The van der Waals surface area contributed by atoms with E-state index in [9.17, 15) is 0 Å². The van der Waals surface area contributed by atoms with Gasteiger partial charge in [-0.3, -0.25) is 4.90 Å². The summed E-state index contributed by atoms with van der Waals surface area (Å²) in [5, 5.41) is 3.48. The Labute approximate surface area is 170 Å². The molecule has 1 aromatic carbocycles. The summed E-state index contributed by atoms with van der Waals surface area (Å²) in [5.74, 6) is 1.54. The Hall–Kier alpha value is -1.50. The van der Waals surface area contributed by atoms with E-state index in [-0.39, 0.29) is 6.04 Å². The highest BCUT2D eigenvalue weighted by atomic mass is 16.5. The molecule has 3 atom stereocenters. The zero-order chi connectivity index (χ0) is 20.1. The van der Waals surface area contributed by atoms with Crippen molar-refractivity contribution in [2.75, 3.05) is 45.3 Å². The average Bonchev–Trinajstić information content (AvgIpc) is 2.73. The summed E-state index contributed by atoms with van der Waals surface area (Å²) in [7, 11) is 3.39. The predicted molar refractivity (Wildman–Crippen MR) is 115 cm³/mol. The summed E-state index contributed by atoms with van der Waals surface area (Å²) in [6.07, 6.45) is 6.27. The minimum Gasteiger partial charge on any atom is -0.493 e. The molecule has 1 saturated heterocycles. The highest BCUT2D eigenvalue weighted by Crippen LogP contribution is 2.44. The zero-order valence-electron chi connectivity index (χ0n) is 18.0. The fourth-order valence-electron chi connectivity index (χ4n) is 4.70. The van der Waals surface area contributed by atoms with Gasteiger partial charge in [0.05, 0.1) is 20.4 Å². The number of hydrogen-bond acceptors (Lipinski definition) is 6. The lowest BCUT2D eigenvalue weighted by Crippen LogP contribution is -2.59. The van der Waals surface area contributed by atoms with Crippen LogP contribution >= 0.6 is 0 Å². The van der Waals surface area contributed by atoms with Crippen LogP contribution in [-0.4, -0.2) is 57.5 Å². The molecular formula is C22H38N4O2. The first-order valence-electron chi connectivity index (χ1n) is 10.8. The minimum atomic E-state index is 0.00813. The second-order valence-electron chi connectivity index (χ2n) is 8.13. The van der Waals surface area contributed by atoms with Gasteiger partial charge in [0.15, 0.2) is 11.5 Å². The molecule has 0 aromatic heterocycles. The monoisotopic (exact) mass is 390 g/mol. The lowest BCUT2D eigenvalue weighted by atomic mass is 9.91. The number of anilines is 1. The molecule has 28 heavy (non-hydrogen) atoms. The number of unbranched alkanes of at least 4 members (excludes halogenated alkanes) is 2. The van der Waals surface area contributed by atoms with Crippen molar-refractivity contribution in [1.82, 2.24) is 10.2 Å². The summed E-state index contributed by atoms with van der Waals surface area (Å²) >= 11 is 0. The normalized spacial score (nSPS) is 24.0. The van der Waals surface area contributed by atoms with Crippen LogP contribution in [0, 0.1) is 0 Å². The van der Waals surface area contributed by atoms with E-state index in [1.165, 1.54) is 36.9 Å². The van der Waals surface area contributed by atoms with Crippen LogP contribution in [0.25, 0.3) is 0 Å². The number of rotatable bonds is 8. The summed E-state index contributed by atoms with van der Waals surface area (Å²) in [5.41, 5.74) is 9.06. The van der Waals surface area contributed by atoms with Gasteiger partial charge >= 0.3 is 0 Å². The van der Waals surface area contributed by atoms with E-state index < -0.39 is 0 Å². The van der Waals surface area contributed by atoms with Crippen LogP contribution in [0.5, 0.6) is 11.5 Å². The number of benzene rings is 1. The van der Waals surface area contributed by atoms with Gasteiger partial charge in [0.2, 0.25) is 0 Å². The van der Waals surface area contributed by atoms with Gasteiger partial charge in [-0.1, -0.05) is 26.2 Å². The lowest BCUT2D eigenvalue weighted by Gasteiger charge is -2.50. The van der Waals surface area contributed by atoms with Crippen molar-refractivity contribution in [2.24, 2.45) is 5.73 Å². The van der Waals surface area contributed by atoms with Crippen molar-refractivity contribution < 1.29 is 9.47 Å². The minimum absolute atomic E-state index is 0.00813. The molecule has 1 fully saturated rings. The average molecular weight is 391 g/mol. The van der Waals surface area contributed by atoms with E-state index in [1.54, 1.807) is 14.2 Å². The number of nitrogens with zero attached hydrogens (tertiary/aromatic N) is 2. The molecule has 2 aliphatic heterocycles. The Morgan fingerprint density at radius 1 is 1.14 bits per heavy atom. The van der Waals surface area contributed by atoms with Crippen molar-refractivity contribution in [3.8, 4) is 11.5 Å². The number of nitrogens with two attached hydrogens (primary N) is 1. The van der Waals surface area contributed by atoms with Crippen LogP contribution < -0.4 is 25.4 Å². The van der Waals surface area contributed by atoms with Crippen molar-refractivity contribution >= 4 is 5.69 Å². The Balaban J connectivity index is 1.98. The molecule has 2 aliphatic rings. The third-order valence-corrected chi connectivity index (χ3v) is 6.27. The van der Waals surface area contributed by atoms with Crippen molar-refractivity contribution in [3.63, 3.8) is 0 Å². The summed E-state index contributed by atoms with van der Waals surface area (Å²) in [4.78, 5) is 5.22. The zero-order valence-corrected chi connectivity index (χ0v) is 18.0. The molecule has 0 amide bonds. The highest BCUT2D eigenvalue weighted by Gasteiger charge is 2.38. The molecular weight excluding hydrogens is 352 g/mol. The number of hydrogen-bond donors (Lipinski definition) is 2. The molecule has 1 aromatic rings. The van der Waals surface area contributed by atoms with Crippen LogP contribution in [0.1, 0.15) is 57.6 Å². The highest BCUT2D eigenvalue weighted by molar-refractivity contribution is 5.65. The number of fused-ring (bicyclic) bond motifs is 1. The molecule has 3 rings (SSSR count). The predicted octanol–water partition coefficient (Wildman–Crippen LogP) is 3.11. The Bertz CT molecular complexity index is 633. The van der Waals surface area contributed by atoms with Gasteiger partial charge in [-0.25, -0.2) is 0 Å². The van der Waals surface area contributed by atoms with Crippen LogP contribution in [0.15, 0.2) is 12.1 Å². The van der Waals surface area contributed by atoms with E-state index in [0.29, 0.717) is 12.2 Å². The Kier molecular flexibility index (Phi) is 7.43. The molecule has 0 bridgehead atoms. The smallest absolute Gasteiger partial charge is 0.162 e. The van der Waals surface area contributed by atoms with Crippen molar-refractivity contribution in [3.05, 3.63) is 17.7 Å². The van der Waals surface area contributed by atoms with Crippen LogP contribution in [-0.2, 0) is 0 Å². The molecule has 6 nitrogen and oxygen atoms in total. The van der Waals surface area contributed by atoms with Gasteiger partial charge in [-0.15, -0.1) is 0 Å². The molecule has 3 N–H and O–H groups in total. The number of nitrogens with one attached hydrogen (secondary N) is 1. The Morgan fingerprint density at radius 3 is 2.46 bits per heavy atom. The number of piperazine rings is 1. The third kappa shape index (κ3) is 4.39. The van der Waals surface area contributed by atoms with Crippen molar-refractivity contribution in [2.45, 2.75) is 64.2 Å². The van der Waals surface area contributed by atoms with Gasteiger partial charge in [-0.2, -0.15) is 0 Å². The summed E-state index contributed by atoms with van der Waals surface area (Å²) in [6.45, 7) is 8.85. The van der Waals surface area contributed by atoms with E-state index in [0.717, 1.165) is 44.1 Å². The second-order valence-corrected chi connectivity index (χ2v) is 8.13. The summed E-state index contributed by atoms with van der Waals surface area (Å²) < 4.78 is 11.2. The maximum absolute atomic E-state index is 6.68. The van der Waals surface area contributed by atoms with Gasteiger partial charge in [0.1, 0.15) is 0 Å². The lowest BCUT2D eigenvalue weighted by molar-refractivity contribution is 0.140. The SMILES string of the molecule is CCCCCC(C)N1c2cc(OC)c(OC)cc2C(N)CC1N1CCNCC1. The van der Waals surface area contributed by atoms with Gasteiger partial charge in [0, 0.05) is 56.4 Å². The van der Waals surface area contributed by atoms with Crippen LogP contribution in [0.3, 0.4) is 0 Å². The van der Waals surface area contributed by atoms with Gasteiger partial charge < -0.3 is 25.4 Å². The quantitative estimate of drug-likeness (QED) is 0.665. The molecule has 0 saturated carbocycles. The Morgan fingerprint density at radius 2 is 1.82 bits per heavy atom. The first-order chi connectivity index (χ1) is 13.6.